The molecular weight excluding hydrogens is 356 g/mol. The van der Waals surface area contributed by atoms with E-state index in [4.69, 9.17) is 0 Å². The van der Waals surface area contributed by atoms with Gasteiger partial charge in [0, 0.05) is 19.4 Å². The minimum atomic E-state index is -2.88. The number of amides is 1. The number of hydrogen-bond acceptors (Lipinski definition) is 3. The number of carboxylic acid groups (broad SMARTS) is 1. The minimum Gasteiger partial charge on any atom is -0.480 e. The van der Waals surface area contributed by atoms with E-state index < -0.39 is 18.6 Å². The summed E-state index contributed by atoms with van der Waals surface area (Å²) in [5.41, 5.74) is 2.69. The highest BCUT2D eigenvalue weighted by Crippen LogP contribution is 2.25. The second-order valence-electron chi connectivity index (χ2n) is 6.37. The molecule has 1 unspecified atom stereocenters. The topological polar surface area (TPSA) is 66.8 Å². The Balaban J connectivity index is 1.65. The molecule has 1 N–H and O–H groups in total. The fourth-order valence-corrected chi connectivity index (χ4v) is 3.24. The summed E-state index contributed by atoms with van der Waals surface area (Å²) in [7, 11) is 0. The summed E-state index contributed by atoms with van der Waals surface area (Å²) in [6.07, 6.45) is 0.816. The molecule has 2 aromatic rings. The van der Waals surface area contributed by atoms with E-state index in [2.05, 4.69) is 4.74 Å². The average molecular weight is 375 g/mol. The zero-order valence-electron chi connectivity index (χ0n) is 14.5. The molecule has 2 aromatic carbocycles. The van der Waals surface area contributed by atoms with Crippen LogP contribution in [0.5, 0.6) is 5.75 Å². The molecule has 0 saturated carbocycles. The third kappa shape index (κ3) is 4.61. The molecule has 0 spiro atoms. The smallest absolute Gasteiger partial charge is 0.387 e. The third-order valence-electron chi connectivity index (χ3n) is 4.63. The summed E-state index contributed by atoms with van der Waals surface area (Å²) in [4.78, 5) is 25.7. The molecule has 1 amide bonds. The van der Waals surface area contributed by atoms with Crippen molar-refractivity contribution in [2.45, 2.75) is 38.5 Å². The molecular formula is C20H19F2NO4. The quantitative estimate of drug-likeness (QED) is 0.842. The van der Waals surface area contributed by atoms with Gasteiger partial charge in [0.2, 0.25) is 5.91 Å². The van der Waals surface area contributed by atoms with Crippen molar-refractivity contribution in [1.82, 2.24) is 4.90 Å². The Morgan fingerprint density at radius 1 is 1.11 bits per heavy atom. The molecule has 0 bridgehead atoms. The molecule has 0 aromatic heterocycles. The van der Waals surface area contributed by atoms with Gasteiger partial charge in [-0.3, -0.25) is 4.79 Å². The number of aryl methyl sites for hydroxylation is 1. The van der Waals surface area contributed by atoms with E-state index in [0.717, 1.165) is 16.7 Å². The van der Waals surface area contributed by atoms with Gasteiger partial charge in [-0.25, -0.2) is 4.79 Å². The Hall–Kier alpha value is -2.96. The highest BCUT2D eigenvalue weighted by atomic mass is 19.3. The van der Waals surface area contributed by atoms with Crippen molar-refractivity contribution < 1.29 is 28.2 Å². The summed E-state index contributed by atoms with van der Waals surface area (Å²) in [5, 5.41) is 9.50. The number of rotatable bonds is 6. The minimum absolute atomic E-state index is 0.0543. The van der Waals surface area contributed by atoms with E-state index in [1.165, 1.54) is 17.0 Å². The number of ether oxygens (including phenoxy) is 1. The molecule has 1 aliphatic heterocycles. The highest BCUT2D eigenvalue weighted by molar-refractivity contribution is 5.84. The summed E-state index contributed by atoms with van der Waals surface area (Å²) in [6, 6.07) is 12.7. The molecule has 1 aliphatic rings. The van der Waals surface area contributed by atoms with Crippen LogP contribution in [0, 0.1) is 0 Å². The number of carbonyl (C=O) groups excluding carboxylic acids is 1. The van der Waals surface area contributed by atoms with E-state index in [9.17, 15) is 23.5 Å². The maximum absolute atomic E-state index is 12.6. The van der Waals surface area contributed by atoms with Gasteiger partial charge in [0.1, 0.15) is 11.8 Å². The Bertz CT molecular complexity index is 823. The van der Waals surface area contributed by atoms with Crippen LogP contribution in [0.2, 0.25) is 0 Å². The number of carbonyl (C=O) groups is 2. The highest BCUT2D eigenvalue weighted by Gasteiger charge is 2.34. The van der Waals surface area contributed by atoms with Crippen molar-refractivity contribution in [2.24, 2.45) is 0 Å². The van der Waals surface area contributed by atoms with Crippen molar-refractivity contribution >= 4 is 11.9 Å². The first-order chi connectivity index (χ1) is 12.9. The number of halogens is 2. The van der Waals surface area contributed by atoms with Crippen LogP contribution in [-0.2, 0) is 29.0 Å². The first-order valence-corrected chi connectivity index (χ1v) is 8.57. The van der Waals surface area contributed by atoms with E-state index in [0.29, 0.717) is 6.42 Å². The van der Waals surface area contributed by atoms with Gasteiger partial charge in [-0.15, -0.1) is 0 Å². The third-order valence-corrected chi connectivity index (χ3v) is 4.63. The Labute approximate surface area is 155 Å². The SMILES string of the molecule is O=C(O)C1Cc2ccccc2CN1C(=O)CCc1ccc(OC(F)F)cc1. The molecule has 1 atom stereocenters. The zero-order chi connectivity index (χ0) is 19.4. The second-order valence-corrected chi connectivity index (χ2v) is 6.37. The van der Waals surface area contributed by atoms with Gasteiger partial charge in [0.25, 0.3) is 0 Å². The molecule has 1 heterocycles. The first-order valence-electron chi connectivity index (χ1n) is 8.57. The van der Waals surface area contributed by atoms with Crippen LogP contribution in [0.25, 0.3) is 0 Å². The Kier molecular flexibility index (Phi) is 5.69. The van der Waals surface area contributed by atoms with Gasteiger partial charge < -0.3 is 14.7 Å². The second kappa shape index (κ2) is 8.16. The van der Waals surface area contributed by atoms with Crippen LogP contribution >= 0.6 is 0 Å². The van der Waals surface area contributed by atoms with E-state index in [1.807, 2.05) is 24.3 Å². The summed E-state index contributed by atoms with van der Waals surface area (Å²) < 4.78 is 28.6. The lowest BCUT2D eigenvalue weighted by molar-refractivity contribution is -0.151. The lowest BCUT2D eigenvalue weighted by Gasteiger charge is -2.34. The number of carboxylic acids is 1. The fourth-order valence-electron chi connectivity index (χ4n) is 3.24. The summed E-state index contributed by atoms with van der Waals surface area (Å²) >= 11 is 0. The molecule has 0 radical (unpaired) electrons. The Morgan fingerprint density at radius 3 is 2.41 bits per heavy atom. The molecule has 7 heteroatoms. The largest absolute Gasteiger partial charge is 0.480 e. The average Bonchev–Trinajstić information content (AvgIpc) is 2.65. The first kappa shape index (κ1) is 18.8. The molecule has 5 nitrogen and oxygen atoms in total. The van der Waals surface area contributed by atoms with Gasteiger partial charge in [-0.1, -0.05) is 36.4 Å². The van der Waals surface area contributed by atoms with Gasteiger partial charge in [-0.2, -0.15) is 8.78 Å². The number of hydrogen-bond donors (Lipinski definition) is 1. The van der Waals surface area contributed by atoms with Crippen molar-refractivity contribution in [3.8, 4) is 5.75 Å². The van der Waals surface area contributed by atoms with Crippen LogP contribution in [-0.4, -0.2) is 34.5 Å². The molecule has 3 rings (SSSR count). The maximum Gasteiger partial charge on any atom is 0.387 e. The molecule has 0 fully saturated rings. The van der Waals surface area contributed by atoms with Gasteiger partial charge >= 0.3 is 12.6 Å². The monoisotopic (exact) mass is 375 g/mol. The van der Waals surface area contributed by atoms with Gasteiger partial charge in [0.15, 0.2) is 0 Å². The lowest BCUT2D eigenvalue weighted by Crippen LogP contribution is -2.48. The summed E-state index contributed by atoms with van der Waals surface area (Å²) in [6.45, 7) is -2.61. The standard InChI is InChI=1S/C20H19F2NO4/c21-20(22)27-16-8-5-13(6-9-16)7-10-18(24)23-12-15-4-2-1-3-14(15)11-17(23)19(25)26/h1-6,8-9,17,20H,7,10-12H2,(H,25,26). The van der Waals surface area contributed by atoms with Crippen LogP contribution < -0.4 is 4.74 Å². The van der Waals surface area contributed by atoms with E-state index in [-0.39, 0.29) is 31.0 Å². The molecule has 142 valence electrons. The molecule has 0 saturated heterocycles. The number of benzene rings is 2. The number of nitrogens with zero attached hydrogens (tertiary/aromatic N) is 1. The lowest BCUT2D eigenvalue weighted by atomic mass is 9.93. The van der Waals surface area contributed by atoms with Crippen molar-refractivity contribution in [3.63, 3.8) is 0 Å². The molecule has 27 heavy (non-hydrogen) atoms. The van der Waals surface area contributed by atoms with Gasteiger partial charge in [0.05, 0.1) is 0 Å². The van der Waals surface area contributed by atoms with Crippen LogP contribution in [0.4, 0.5) is 8.78 Å². The predicted octanol–water partition coefficient (Wildman–Crippen LogP) is 3.26. The number of fused-ring (bicyclic) bond motifs is 1. The van der Waals surface area contributed by atoms with Crippen LogP contribution in [0.1, 0.15) is 23.1 Å². The van der Waals surface area contributed by atoms with E-state index in [1.54, 1.807) is 12.1 Å². The summed E-state index contributed by atoms with van der Waals surface area (Å²) in [5.74, 6) is -1.21. The fraction of sp³-hybridized carbons (Fsp3) is 0.300. The van der Waals surface area contributed by atoms with Gasteiger partial charge in [-0.05, 0) is 35.2 Å². The number of alkyl halides is 2. The van der Waals surface area contributed by atoms with Crippen molar-refractivity contribution in [2.75, 3.05) is 0 Å². The normalized spacial score (nSPS) is 16.1. The Morgan fingerprint density at radius 2 is 1.78 bits per heavy atom. The molecule has 0 aliphatic carbocycles. The number of aliphatic carboxylic acids is 1. The zero-order valence-corrected chi connectivity index (χ0v) is 14.5. The van der Waals surface area contributed by atoms with Crippen LogP contribution in [0.15, 0.2) is 48.5 Å². The predicted molar refractivity (Wildman–Crippen MR) is 93.5 cm³/mol. The van der Waals surface area contributed by atoms with Crippen molar-refractivity contribution in [1.29, 1.82) is 0 Å². The van der Waals surface area contributed by atoms with E-state index >= 15 is 0 Å². The van der Waals surface area contributed by atoms with Crippen LogP contribution in [0.3, 0.4) is 0 Å². The van der Waals surface area contributed by atoms with Crippen molar-refractivity contribution in [3.05, 3.63) is 65.2 Å². The maximum atomic E-state index is 12.6.